The van der Waals surface area contributed by atoms with Crippen LogP contribution in [0.5, 0.6) is 0 Å². The second kappa shape index (κ2) is 6.82. The molecule has 0 aliphatic heterocycles. The molecule has 1 amide bonds. The largest absolute Gasteiger partial charge is 0.394 e. The van der Waals surface area contributed by atoms with Gasteiger partial charge in [-0.3, -0.25) is 4.79 Å². The van der Waals surface area contributed by atoms with Crippen molar-refractivity contribution in [2.45, 2.75) is 46.6 Å². The van der Waals surface area contributed by atoms with Crippen LogP contribution in [-0.2, 0) is 4.79 Å². The Bertz CT molecular complexity index is 169. The smallest absolute Gasteiger partial charge is 0.223 e. The quantitative estimate of drug-likeness (QED) is 0.685. The van der Waals surface area contributed by atoms with E-state index in [4.69, 9.17) is 5.11 Å². The summed E-state index contributed by atoms with van der Waals surface area (Å²) in [6.45, 7) is 7.99. The number of carbonyl (C=O) groups excluding carboxylic acids is 1. The van der Waals surface area contributed by atoms with Crippen molar-refractivity contribution in [3.63, 3.8) is 0 Å². The standard InChI is InChI=1S/C11H23NO2/c1-5-6-9(4)11(14)12-10(7-13)8(2)3/h8-10,13H,5-7H2,1-4H3,(H,12,14). The van der Waals surface area contributed by atoms with Gasteiger partial charge in [0.2, 0.25) is 5.91 Å². The highest BCUT2D eigenvalue weighted by Crippen LogP contribution is 2.07. The van der Waals surface area contributed by atoms with Crippen molar-refractivity contribution in [3.8, 4) is 0 Å². The zero-order valence-electron chi connectivity index (χ0n) is 9.71. The molecule has 0 saturated heterocycles. The van der Waals surface area contributed by atoms with E-state index >= 15 is 0 Å². The molecule has 0 rings (SSSR count). The Morgan fingerprint density at radius 2 is 1.93 bits per heavy atom. The maximum Gasteiger partial charge on any atom is 0.223 e. The fourth-order valence-electron chi connectivity index (χ4n) is 1.31. The average Bonchev–Trinajstić information content (AvgIpc) is 2.13. The lowest BCUT2D eigenvalue weighted by Gasteiger charge is -2.22. The van der Waals surface area contributed by atoms with E-state index in [9.17, 15) is 4.79 Å². The van der Waals surface area contributed by atoms with Gasteiger partial charge in [0.1, 0.15) is 0 Å². The topological polar surface area (TPSA) is 49.3 Å². The van der Waals surface area contributed by atoms with Gasteiger partial charge >= 0.3 is 0 Å². The van der Waals surface area contributed by atoms with E-state index in [1.807, 2.05) is 20.8 Å². The van der Waals surface area contributed by atoms with E-state index in [2.05, 4.69) is 12.2 Å². The molecule has 0 fully saturated rings. The van der Waals surface area contributed by atoms with Crippen molar-refractivity contribution in [2.75, 3.05) is 6.61 Å². The monoisotopic (exact) mass is 201 g/mol. The number of rotatable bonds is 6. The summed E-state index contributed by atoms with van der Waals surface area (Å²) in [5.41, 5.74) is 0. The van der Waals surface area contributed by atoms with E-state index in [0.29, 0.717) is 0 Å². The molecule has 0 bridgehead atoms. The number of hydrogen-bond acceptors (Lipinski definition) is 2. The molecule has 2 atom stereocenters. The molecular formula is C11H23NO2. The van der Waals surface area contributed by atoms with Crippen LogP contribution in [0, 0.1) is 11.8 Å². The molecule has 0 aromatic rings. The molecule has 0 heterocycles. The molecule has 0 aliphatic rings. The van der Waals surface area contributed by atoms with E-state index in [0.717, 1.165) is 12.8 Å². The predicted molar refractivity (Wildman–Crippen MR) is 57.9 cm³/mol. The Morgan fingerprint density at radius 3 is 2.29 bits per heavy atom. The first-order chi connectivity index (χ1) is 6.52. The first kappa shape index (κ1) is 13.4. The third-order valence-corrected chi connectivity index (χ3v) is 2.50. The van der Waals surface area contributed by atoms with Crippen molar-refractivity contribution in [3.05, 3.63) is 0 Å². The molecule has 0 spiro atoms. The Morgan fingerprint density at radius 1 is 1.36 bits per heavy atom. The van der Waals surface area contributed by atoms with Crippen LogP contribution in [0.1, 0.15) is 40.5 Å². The van der Waals surface area contributed by atoms with Gasteiger partial charge in [0, 0.05) is 5.92 Å². The Kier molecular flexibility index (Phi) is 6.54. The van der Waals surface area contributed by atoms with Crippen LogP contribution in [0.25, 0.3) is 0 Å². The summed E-state index contributed by atoms with van der Waals surface area (Å²) in [5.74, 6) is 0.380. The maximum absolute atomic E-state index is 11.6. The van der Waals surface area contributed by atoms with Gasteiger partial charge in [-0.05, 0) is 12.3 Å². The fraction of sp³-hybridized carbons (Fsp3) is 0.909. The van der Waals surface area contributed by atoms with Gasteiger partial charge in [-0.2, -0.15) is 0 Å². The number of hydrogen-bond donors (Lipinski definition) is 2. The molecule has 3 heteroatoms. The van der Waals surface area contributed by atoms with Crippen LogP contribution in [-0.4, -0.2) is 23.7 Å². The second-order valence-electron chi connectivity index (χ2n) is 4.23. The summed E-state index contributed by atoms with van der Waals surface area (Å²) >= 11 is 0. The minimum atomic E-state index is -0.109. The van der Waals surface area contributed by atoms with Gasteiger partial charge < -0.3 is 10.4 Å². The first-order valence-electron chi connectivity index (χ1n) is 5.44. The Hall–Kier alpha value is -0.570. The zero-order valence-corrected chi connectivity index (χ0v) is 9.71. The van der Waals surface area contributed by atoms with Crippen LogP contribution in [0.3, 0.4) is 0 Å². The first-order valence-corrected chi connectivity index (χ1v) is 5.44. The third kappa shape index (κ3) is 4.61. The van der Waals surface area contributed by atoms with E-state index in [-0.39, 0.29) is 30.4 Å². The minimum Gasteiger partial charge on any atom is -0.394 e. The average molecular weight is 201 g/mol. The predicted octanol–water partition coefficient (Wildman–Crippen LogP) is 1.56. The summed E-state index contributed by atoms with van der Waals surface area (Å²) in [7, 11) is 0. The summed E-state index contributed by atoms with van der Waals surface area (Å²) in [6.07, 6.45) is 1.92. The van der Waals surface area contributed by atoms with E-state index < -0.39 is 0 Å². The summed E-state index contributed by atoms with van der Waals surface area (Å²) in [6, 6.07) is -0.109. The van der Waals surface area contributed by atoms with Gasteiger partial charge in [-0.25, -0.2) is 0 Å². The number of aliphatic hydroxyl groups is 1. The van der Waals surface area contributed by atoms with Gasteiger partial charge in [0.05, 0.1) is 12.6 Å². The van der Waals surface area contributed by atoms with Crippen molar-refractivity contribution in [1.82, 2.24) is 5.32 Å². The normalized spacial score (nSPS) is 15.3. The second-order valence-corrected chi connectivity index (χ2v) is 4.23. The highest BCUT2D eigenvalue weighted by Gasteiger charge is 2.18. The summed E-state index contributed by atoms with van der Waals surface area (Å²) in [5, 5.41) is 11.9. The van der Waals surface area contributed by atoms with E-state index in [1.165, 1.54) is 0 Å². The van der Waals surface area contributed by atoms with Gasteiger partial charge in [-0.15, -0.1) is 0 Å². The van der Waals surface area contributed by atoms with Gasteiger partial charge in [0.15, 0.2) is 0 Å². The molecular weight excluding hydrogens is 178 g/mol. The SMILES string of the molecule is CCCC(C)C(=O)NC(CO)C(C)C. The molecule has 0 aliphatic carbocycles. The molecule has 3 nitrogen and oxygen atoms in total. The van der Waals surface area contributed by atoms with E-state index in [1.54, 1.807) is 0 Å². The summed E-state index contributed by atoms with van der Waals surface area (Å²) in [4.78, 5) is 11.6. The third-order valence-electron chi connectivity index (χ3n) is 2.50. The molecule has 0 aromatic carbocycles. The lowest BCUT2D eigenvalue weighted by molar-refractivity contribution is -0.126. The maximum atomic E-state index is 11.6. The Labute approximate surface area is 86.9 Å². The van der Waals surface area contributed by atoms with Gasteiger partial charge in [-0.1, -0.05) is 34.1 Å². The van der Waals surface area contributed by atoms with Gasteiger partial charge in [0.25, 0.3) is 0 Å². The number of amides is 1. The van der Waals surface area contributed by atoms with Crippen LogP contribution in [0.4, 0.5) is 0 Å². The number of nitrogens with one attached hydrogen (secondary N) is 1. The number of aliphatic hydroxyl groups excluding tert-OH is 1. The highest BCUT2D eigenvalue weighted by atomic mass is 16.3. The molecule has 84 valence electrons. The molecule has 2 unspecified atom stereocenters. The Balaban J connectivity index is 4.01. The lowest BCUT2D eigenvalue weighted by atomic mass is 10.0. The van der Waals surface area contributed by atoms with Crippen molar-refractivity contribution in [2.24, 2.45) is 11.8 Å². The van der Waals surface area contributed by atoms with Crippen molar-refractivity contribution >= 4 is 5.91 Å². The fourth-order valence-corrected chi connectivity index (χ4v) is 1.31. The van der Waals surface area contributed by atoms with Crippen LogP contribution < -0.4 is 5.32 Å². The highest BCUT2D eigenvalue weighted by molar-refractivity contribution is 5.78. The number of carbonyl (C=O) groups is 1. The molecule has 0 aromatic heterocycles. The van der Waals surface area contributed by atoms with Crippen molar-refractivity contribution in [1.29, 1.82) is 0 Å². The lowest BCUT2D eigenvalue weighted by Crippen LogP contribution is -2.43. The van der Waals surface area contributed by atoms with Crippen LogP contribution >= 0.6 is 0 Å². The minimum absolute atomic E-state index is 0.0161. The summed E-state index contributed by atoms with van der Waals surface area (Å²) < 4.78 is 0. The van der Waals surface area contributed by atoms with Crippen LogP contribution in [0.15, 0.2) is 0 Å². The zero-order chi connectivity index (χ0) is 11.1. The van der Waals surface area contributed by atoms with Crippen LogP contribution in [0.2, 0.25) is 0 Å². The molecule has 0 radical (unpaired) electrons. The van der Waals surface area contributed by atoms with Crippen molar-refractivity contribution < 1.29 is 9.90 Å². The molecule has 14 heavy (non-hydrogen) atoms. The molecule has 2 N–H and O–H groups in total. The molecule has 0 saturated carbocycles.